The molecule has 1 rings (SSSR count). The van der Waals surface area contributed by atoms with E-state index in [1.807, 2.05) is 13.8 Å². The van der Waals surface area contributed by atoms with Gasteiger partial charge in [-0.15, -0.1) is 0 Å². The zero-order valence-electron chi connectivity index (χ0n) is 12.1. The van der Waals surface area contributed by atoms with Crippen LogP contribution in [-0.2, 0) is 15.6 Å². The molecule has 0 aliphatic carbocycles. The van der Waals surface area contributed by atoms with Gasteiger partial charge in [0.25, 0.3) is 0 Å². The van der Waals surface area contributed by atoms with Crippen LogP contribution >= 0.6 is 0 Å². The average Bonchev–Trinajstić information content (AvgIpc) is 2.36. The molecule has 2 amide bonds. The van der Waals surface area contributed by atoms with Gasteiger partial charge in [-0.3, -0.25) is 9.00 Å². The Morgan fingerprint density at radius 1 is 1.35 bits per heavy atom. The van der Waals surface area contributed by atoms with Crippen molar-refractivity contribution in [1.29, 1.82) is 0 Å². The fourth-order valence-electron chi connectivity index (χ4n) is 2.19. The van der Waals surface area contributed by atoms with E-state index in [0.717, 1.165) is 12.8 Å². The lowest BCUT2D eigenvalue weighted by atomic mass is 10.1. The van der Waals surface area contributed by atoms with E-state index in [-0.39, 0.29) is 24.5 Å². The summed E-state index contributed by atoms with van der Waals surface area (Å²) in [6, 6.07) is -0.0366. The number of nitrogens with one attached hydrogen (secondary N) is 1. The van der Waals surface area contributed by atoms with Crippen molar-refractivity contribution < 1.29 is 18.9 Å². The number of carbonyl (C=O) groups excluding carboxylic acids is 1. The van der Waals surface area contributed by atoms with Gasteiger partial charge in [-0.2, -0.15) is 0 Å². The zero-order valence-corrected chi connectivity index (χ0v) is 12.9. The number of urea groups is 1. The second kappa shape index (κ2) is 8.24. The highest BCUT2D eigenvalue weighted by Crippen LogP contribution is 2.11. The lowest BCUT2D eigenvalue weighted by Gasteiger charge is -2.30. The summed E-state index contributed by atoms with van der Waals surface area (Å²) in [6.07, 6.45) is 2.02. The van der Waals surface area contributed by atoms with Crippen LogP contribution in [0.25, 0.3) is 0 Å². The van der Waals surface area contributed by atoms with Crippen molar-refractivity contribution in [1.82, 2.24) is 10.2 Å². The molecule has 6 nitrogen and oxygen atoms in total. The molecule has 0 bridgehead atoms. The lowest BCUT2D eigenvalue weighted by Crippen LogP contribution is -2.49. The highest BCUT2D eigenvalue weighted by Gasteiger charge is 2.23. The summed E-state index contributed by atoms with van der Waals surface area (Å²) in [7, 11) is -0.735. The van der Waals surface area contributed by atoms with Crippen LogP contribution in [0.3, 0.4) is 0 Å². The van der Waals surface area contributed by atoms with Crippen molar-refractivity contribution >= 4 is 22.8 Å². The number of hydrogen-bond donors (Lipinski definition) is 2. The van der Waals surface area contributed by atoms with Crippen LogP contribution < -0.4 is 5.32 Å². The molecule has 1 saturated heterocycles. The normalized spacial score (nSPS) is 22.6. The van der Waals surface area contributed by atoms with Crippen LogP contribution in [0, 0.1) is 0 Å². The summed E-state index contributed by atoms with van der Waals surface area (Å²) in [5, 5.41) is 11.6. The Labute approximate surface area is 122 Å². The maximum Gasteiger partial charge on any atom is 0.317 e. The van der Waals surface area contributed by atoms with Gasteiger partial charge in [0.1, 0.15) is 0 Å². The number of hydrogen-bond acceptors (Lipinski definition) is 3. The van der Waals surface area contributed by atoms with Crippen LogP contribution in [0.2, 0.25) is 0 Å². The molecule has 116 valence electrons. The Morgan fingerprint density at radius 3 is 2.45 bits per heavy atom. The van der Waals surface area contributed by atoms with Crippen molar-refractivity contribution in [2.45, 2.75) is 51.6 Å². The molecule has 0 unspecified atom stereocenters. The molecule has 1 aliphatic rings. The Bertz CT molecular complexity index is 363. The number of carboxylic acids is 1. The molecule has 0 radical (unpaired) electrons. The summed E-state index contributed by atoms with van der Waals surface area (Å²) >= 11 is 0. The van der Waals surface area contributed by atoms with Gasteiger partial charge in [-0.1, -0.05) is 0 Å². The Hall–Kier alpha value is -1.11. The average molecular weight is 304 g/mol. The first-order chi connectivity index (χ1) is 9.40. The topological polar surface area (TPSA) is 86.7 Å². The molecule has 0 aromatic heterocycles. The van der Waals surface area contributed by atoms with Crippen molar-refractivity contribution in [3.8, 4) is 0 Å². The van der Waals surface area contributed by atoms with E-state index in [1.165, 1.54) is 0 Å². The molecule has 7 heteroatoms. The highest BCUT2D eigenvalue weighted by atomic mass is 32.2. The highest BCUT2D eigenvalue weighted by molar-refractivity contribution is 7.85. The van der Waals surface area contributed by atoms with E-state index in [0.29, 0.717) is 24.5 Å². The molecular formula is C13H24N2O4S. The quantitative estimate of drug-likeness (QED) is 0.771. The van der Waals surface area contributed by atoms with E-state index < -0.39 is 16.8 Å². The molecule has 20 heavy (non-hydrogen) atoms. The van der Waals surface area contributed by atoms with Crippen LogP contribution in [0.5, 0.6) is 0 Å². The Balaban J connectivity index is 2.43. The van der Waals surface area contributed by atoms with Crippen LogP contribution in [0.15, 0.2) is 0 Å². The van der Waals surface area contributed by atoms with Crippen molar-refractivity contribution in [3.63, 3.8) is 0 Å². The van der Waals surface area contributed by atoms with Crippen molar-refractivity contribution in [2.24, 2.45) is 0 Å². The maximum absolute atomic E-state index is 12.2. The molecule has 1 aliphatic heterocycles. The number of amides is 2. The van der Waals surface area contributed by atoms with Gasteiger partial charge in [0.05, 0.1) is 0 Å². The second-order valence-corrected chi connectivity index (χ2v) is 7.05. The maximum atomic E-state index is 12.2. The summed E-state index contributed by atoms with van der Waals surface area (Å²) in [5.74, 6) is 0.445. The molecule has 1 heterocycles. The van der Waals surface area contributed by atoms with Gasteiger partial charge in [-0.05, 0) is 33.1 Å². The Morgan fingerprint density at radius 2 is 1.95 bits per heavy atom. The summed E-state index contributed by atoms with van der Waals surface area (Å²) in [4.78, 5) is 24.4. The number of aliphatic carboxylic acids is 1. The second-order valence-electron chi connectivity index (χ2n) is 5.36. The summed E-state index contributed by atoms with van der Waals surface area (Å²) in [6.45, 7) is 4.26. The van der Waals surface area contributed by atoms with Gasteiger partial charge in [0.15, 0.2) is 0 Å². The third kappa shape index (κ3) is 5.90. The summed E-state index contributed by atoms with van der Waals surface area (Å²) in [5.41, 5.74) is 0. The van der Waals surface area contributed by atoms with E-state index in [9.17, 15) is 13.8 Å². The molecule has 0 spiro atoms. The fraction of sp³-hybridized carbons (Fsp3) is 0.846. The van der Waals surface area contributed by atoms with Crippen molar-refractivity contribution in [3.05, 3.63) is 0 Å². The largest absolute Gasteiger partial charge is 0.481 e. The zero-order chi connectivity index (χ0) is 15.1. The van der Waals surface area contributed by atoms with E-state index in [4.69, 9.17) is 5.11 Å². The van der Waals surface area contributed by atoms with Gasteiger partial charge in [0.2, 0.25) is 0 Å². The number of carbonyl (C=O) groups is 2. The molecule has 0 aromatic rings. The predicted molar refractivity (Wildman–Crippen MR) is 78.1 cm³/mol. The third-order valence-electron chi connectivity index (χ3n) is 3.39. The predicted octanol–water partition coefficient (Wildman–Crippen LogP) is 1.18. The lowest BCUT2D eigenvalue weighted by molar-refractivity contribution is -0.137. The van der Waals surface area contributed by atoms with Crippen LogP contribution in [-0.4, -0.2) is 56.3 Å². The first kappa shape index (κ1) is 16.9. The molecule has 0 atom stereocenters. The number of rotatable bonds is 6. The molecule has 1 fully saturated rings. The first-order valence-corrected chi connectivity index (χ1v) is 8.53. The molecule has 2 N–H and O–H groups in total. The van der Waals surface area contributed by atoms with Gasteiger partial charge in [0, 0.05) is 47.4 Å². The molecule has 0 aromatic carbocycles. The molecular weight excluding hydrogens is 280 g/mol. The Kier molecular flexibility index (Phi) is 6.98. The third-order valence-corrected chi connectivity index (χ3v) is 4.77. The first-order valence-electron chi connectivity index (χ1n) is 7.04. The summed E-state index contributed by atoms with van der Waals surface area (Å²) < 4.78 is 11.3. The van der Waals surface area contributed by atoms with E-state index >= 15 is 0 Å². The minimum Gasteiger partial charge on any atom is -0.481 e. The SMILES string of the molecule is CC(C)N(CCCC(=O)O)C(=O)NC1CCS(=O)CC1. The van der Waals surface area contributed by atoms with E-state index in [1.54, 1.807) is 4.90 Å². The smallest absolute Gasteiger partial charge is 0.317 e. The van der Waals surface area contributed by atoms with Gasteiger partial charge >= 0.3 is 12.0 Å². The van der Waals surface area contributed by atoms with E-state index in [2.05, 4.69) is 5.32 Å². The van der Waals surface area contributed by atoms with Crippen LogP contribution in [0.4, 0.5) is 4.79 Å². The minimum atomic E-state index is -0.844. The number of nitrogens with zero attached hydrogens (tertiary/aromatic N) is 1. The van der Waals surface area contributed by atoms with Gasteiger partial charge in [-0.25, -0.2) is 4.79 Å². The molecule has 0 saturated carbocycles. The van der Waals surface area contributed by atoms with Crippen molar-refractivity contribution in [2.75, 3.05) is 18.1 Å². The van der Waals surface area contributed by atoms with Crippen LogP contribution in [0.1, 0.15) is 39.5 Å². The standard InChI is InChI=1S/C13H24N2O4S/c1-10(2)15(7-3-4-12(16)17)13(18)14-11-5-8-20(19)9-6-11/h10-11H,3-9H2,1-2H3,(H,14,18)(H,16,17). The van der Waals surface area contributed by atoms with Gasteiger partial charge < -0.3 is 15.3 Å². The fourth-order valence-corrected chi connectivity index (χ4v) is 3.49. The monoisotopic (exact) mass is 304 g/mol. The minimum absolute atomic E-state index is 0.0292. The number of carboxylic acid groups (broad SMARTS) is 1.